The lowest BCUT2D eigenvalue weighted by Gasteiger charge is -2.32. The molecular weight excluding hydrogens is 302 g/mol. The second kappa shape index (κ2) is 6.40. The molecule has 0 saturated carbocycles. The van der Waals surface area contributed by atoms with Gasteiger partial charge in [-0.05, 0) is 44.9 Å². The first-order chi connectivity index (χ1) is 11.7. The fourth-order valence-corrected chi connectivity index (χ4v) is 3.96. The zero-order valence-corrected chi connectivity index (χ0v) is 14.0. The molecule has 0 radical (unpaired) electrons. The monoisotopic (exact) mass is 325 g/mol. The molecule has 4 rings (SSSR count). The quantitative estimate of drug-likeness (QED) is 0.942. The van der Waals surface area contributed by atoms with Crippen molar-refractivity contribution in [3.05, 3.63) is 41.8 Å². The van der Waals surface area contributed by atoms with E-state index in [0.717, 1.165) is 25.1 Å². The first-order valence-electron chi connectivity index (χ1n) is 8.80. The Morgan fingerprint density at radius 3 is 2.88 bits per heavy atom. The van der Waals surface area contributed by atoms with Gasteiger partial charge in [-0.25, -0.2) is 4.98 Å². The lowest BCUT2D eigenvalue weighted by atomic mass is 9.99. The van der Waals surface area contributed by atoms with E-state index in [1.165, 1.54) is 19.3 Å². The van der Waals surface area contributed by atoms with Crippen LogP contribution in [0, 0.1) is 6.92 Å². The lowest BCUT2D eigenvalue weighted by Crippen LogP contribution is -2.46. The van der Waals surface area contributed by atoms with Crippen molar-refractivity contribution in [2.24, 2.45) is 0 Å². The summed E-state index contributed by atoms with van der Waals surface area (Å²) < 4.78 is 5.71. The van der Waals surface area contributed by atoms with Crippen LogP contribution in [0.2, 0.25) is 0 Å². The van der Waals surface area contributed by atoms with Crippen LogP contribution in [0.4, 0.5) is 0 Å². The zero-order valence-electron chi connectivity index (χ0n) is 14.0. The van der Waals surface area contributed by atoms with Gasteiger partial charge in [-0.1, -0.05) is 24.6 Å². The van der Waals surface area contributed by atoms with Gasteiger partial charge in [0.05, 0.1) is 0 Å². The Morgan fingerprint density at radius 1 is 1.21 bits per heavy atom. The largest absolute Gasteiger partial charge is 0.441 e. The summed E-state index contributed by atoms with van der Waals surface area (Å²) in [7, 11) is 0. The van der Waals surface area contributed by atoms with Crippen molar-refractivity contribution < 1.29 is 9.21 Å². The molecule has 2 aliphatic heterocycles. The van der Waals surface area contributed by atoms with Crippen LogP contribution < -0.4 is 5.32 Å². The molecule has 5 nitrogen and oxygen atoms in total. The highest BCUT2D eigenvalue weighted by atomic mass is 16.4. The molecule has 0 aliphatic carbocycles. The first-order valence-corrected chi connectivity index (χ1v) is 8.80. The number of carbonyl (C=O) groups is 1. The first kappa shape index (κ1) is 15.4. The van der Waals surface area contributed by atoms with Crippen LogP contribution in [0.15, 0.2) is 34.7 Å². The Bertz CT molecular complexity index is 725. The van der Waals surface area contributed by atoms with Gasteiger partial charge in [0.2, 0.25) is 5.89 Å². The van der Waals surface area contributed by atoms with E-state index < -0.39 is 0 Å². The summed E-state index contributed by atoms with van der Waals surface area (Å²) in [4.78, 5) is 19.6. The summed E-state index contributed by atoms with van der Waals surface area (Å²) in [6, 6.07) is 10.4. The van der Waals surface area contributed by atoms with Crippen molar-refractivity contribution in [3.8, 4) is 11.5 Å². The van der Waals surface area contributed by atoms with E-state index in [4.69, 9.17) is 4.42 Å². The molecular formula is C19H23N3O2. The number of aromatic nitrogens is 1. The zero-order chi connectivity index (χ0) is 16.5. The number of hydrogen-bond acceptors (Lipinski definition) is 4. The summed E-state index contributed by atoms with van der Waals surface area (Å²) in [5.41, 5.74) is 1.29. The third-order valence-electron chi connectivity index (χ3n) is 5.20. The second-order valence-electron chi connectivity index (χ2n) is 6.76. The number of piperidine rings is 1. The summed E-state index contributed by atoms with van der Waals surface area (Å²) in [6.07, 6.45) is 4.74. The summed E-state index contributed by atoms with van der Waals surface area (Å²) in [5.74, 6) is 0.963. The number of nitrogens with zero attached hydrogens (tertiary/aromatic N) is 2. The van der Waals surface area contributed by atoms with Crippen molar-refractivity contribution in [1.29, 1.82) is 0 Å². The Morgan fingerprint density at radius 2 is 2.04 bits per heavy atom. The highest BCUT2D eigenvalue weighted by Gasteiger charge is 2.36. The molecule has 24 heavy (non-hydrogen) atoms. The summed E-state index contributed by atoms with van der Waals surface area (Å²) in [6.45, 7) is 4.05. The van der Waals surface area contributed by atoms with Gasteiger partial charge in [-0.15, -0.1) is 0 Å². The van der Waals surface area contributed by atoms with Gasteiger partial charge in [0, 0.05) is 24.2 Å². The van der Waals surface area contributed by atoms with Crippen molar-refractivity contribution in [1.82, 2.24) is 15.2 Å². The fourth-order valence-electron chi connectivity index (χ4n) is 3.96. The van der Waals surface area contributed by atoms with Crippen LogP contribution in [0.25, 0.3) is 11.5 Å². The van der Waals surface area contributed by atoms with Crippen molar-refractivity contribution in [3.63, 3.8) is 0 Å². The molecule has 3 heterocycles. The Hall–Kier alpha value is -2.14. The Balaban J connectivity index is 1.50. The number of nitrogens with one attached hydrogen (secondary N) is 1. The third-order valence-corrected chi connectivity index (χ3v) is 5.20. The minimum absolute atomic E-state index is 0.115. The minimum atomic E-state index is -0.115. The lowest BCUT2D eigenvalue weighted by molar-refractivity contribution is 0.0909. The van der Waals surface area contributed by atoms with E-state index in [9.17, 15) is 4.79 Å². The fraction of sp³-hybridized carbons (Fsp3) is 0.474. The van der Waals surface area contributed by atoms with Gasteiger partial charge in [0.25, 0.3) is 5.91 Å². The van der Waals surface area contributed by atoms with Gasteiger partial charge < -0.3 is 9.73 Å². The molecule has 5 heteroatoms. The van der Waals surface area contributed by atoms with Crippen LogP contribution >= 0.6 is 0 Å². The van der Waals surface area contributed by atoms with Crippen molar-refractivity contribution >= 4 is 5.91 Å². The third kappa shape index (κ3) is 2.84. The molecule has 0 spiro atoms. The molecule has 2 aliphatic rings. The van der Waals surface area contributed by atoms with E-state index >= 15 is 0 Å². The second-order valence-corrected chi connectivity index (χ2v) is 6.76. The molecule has 1 aromatic carbocycles. The number of benzene rings is 1. The highest BCUT2D eigenvalue weighted by Crippen LogP contribution is 2.28. The van der Waals surface area contributed by atoms with Gasteiger partial charge in [0.1, 0.15) is 5.76 Å². The molecule has 1 amide bonds. The van der Waals surface area contributed by atoms with Crippen molar-refractivity contribution in [2.45, 2.75) is 44.7 Å². The molecule has 2 aromatic rings. The van der Waals surface area contributed by atoms with Gasteiger partial charge in [0.15, 0.2) is 5.69 Å². The van der Waals surface area contributed by atoms with Crippen LogP contribution in [0.3, 0.4) is 0 Å². The SMILES string of the molecule is Cc1oc(-c2ccccc2)nc1C(=O)N[C@@H]1CCN2CCCC[C@@H]12. The molecule has 1 aromatic heterocycles. The number of aryl methyl sites for hydroxylation is 1. The van der Waals surface area contributed by atoms with E-state index in [2.05, 4.69) is 15.2 Å². The molecule has 2 atom stereocenters. The number of rotatable bonds is 3. The summed E-state index contributed by atoms with van der Waals surface area (Å²) in [5, 5.41) is 3.20. The molecule has 2 saturated heterocycles. The predicted molar refractivity (Wildman–Crippen MR) is 91.8 cm³/mol. The number of hydrogen-bond donors (Lipinski definition) is 1. The molecule has 1 N–H and O–H groups in total. The van der Waals surface area contributed by atoms with E-state index in [-0.39, 0.29) is 11.9 Å². The number of oxazole rings is 1. The molecule has 126 valence electrons. The van der Waals surface area contributed by atoms with Gasteiger partial charge >= 0.3 is 0 Å². The van der Waals surface area contributed by atoms with Crippen LogP contribution in [-0.4, -0.2) is 41.0 Å². The van der Waals surface area contributed by atoms with Crippen molar-refractivity contribution in [2.75, 3.05) is 13.1 Å². The maximum Gasteiger partial charge on any atom is 0.273 e. The van der Waals surface area contributed by atoms with Gasteiger partial charge in [-0.2, -0.15) is 0 Å². The van der Waals surface area contributed by atoms with Gasteiger partial charge in [-0.3, -0.25) is 9.69 Å². The number of amides is 1. The Labute approximate surface area is 142 Å². The smallest absolute Gasteiger partial charge is 0.273 e. The highest BCUT2D eigenvalue weighted by molar-refractivity contribution is 5.94. The number of carbonyl (C=O) groups excluding carboxylic acids is 1. The van der Waals surface area contributed by atoms with E-state index in [1.54, 1.807) is 6.92 Å². The standard InChI is InChI=1S/C19H23N3O2/c1-13-17(21-19(24-13)14-7-3-2-4-8-14)18(23)20-15-10-12-22-11-6-5-9-16(15)22/h2-4,7-8,15-16H,5-6,9-12H2,1H3,(H,20,23)/t15-,16+/m1/s1. The molecule has 0 bridgehead atoms. The summed E-state index contributed by atoms with van der Waals surface area (Å²) >= 11 is 0. The Kier molecular flexibility index (Phi) is 4.10. The number of fused-ring (bicyclic) bond motifs is 1. The topological polar surface area (TPSA) is 58.4 Å². The molecule has 0 unspecified atom stereocenters. The minimum Gasteiger partial charge on any atom is -0.441 e. The average molecular weight is 325 g/mol. The van der Waals surface area contributed by atoms with E-state index in [1.807, 2.05) is 30.3 Å². The van der Waals surface area contributed by atoms with Crippen LogP contribution in [-0.2, 0) is 0 Å². The maximum absolute atomic E-state index is 12.7. The molecule has 2 fully saturated rings. The maximum atomic E-state index is 12.7. The van der Waals surface area contributed by atoms with Crippen LogP contribution in [0.1, 0.15) is 41.9 Å². The van der Waals surface area contributed by atoms with Crippen LogP contribution in [0.5, 0.6) is 0 Å². The van der Waals surface area contributed by atoms with E-state index in [0.29, 0.717) is 23.4 Å². The average Bonchev–Trinajstić information content (AvgIpc) is 3.20. The predicted octanol–water partition coefficient (Wildman–Crippen LogP) is 3.01. The normalized spacial score (nSPS) is 23.9.